The van der Waals surface area contributed by atoms with E-state index < -0.39 is 0 Å². The van der Waals surface area contributed by atoms with Gasteiger partial charge in [-0.15, -0.1) is 11.3 Å². The highest BCUT2D eigenvalue weighted by atomic mass is 32.1. The van der Waals surface area contributed by atoms with Crippen molar-refractivity contribution in [3.05, 3.63) is 212 Å². The summed E-state index contributed by atoms with van der Waals surface area (Å²) >= 11 is 1.87. The lowest BCUT2D eigenvalue weighted by Crippen LogP contribution is -2.10. The van der Waals surface area contributed by atoms with Crippen LogP contribution in [-0.4, -0.2) is 0 Å². The van der Waals surface area contributed by atoms with Crippen LogP contribution >= 0.6 is 11.3 Å². The van der Waals surface area contributed by atoms with E-state index in [1.807, 2.05) is 23.5 Å². The van der Waals surface area contributed by atoms with Crippen molar-refractivity contribution in [2.24, 2.45) is 0 Å². The summed E-state index contributed by atoms with van der Waals surface area (Å²) in [5.74, 6) is 0. The van der Waals surface area contributed by atoms with E-state index >= 15 is 0 Å². The highest BCUT2D eigenvalue weighted by molar-refractivity contribution is 7.26. The summed E-state index contributed by atoms with van der Waals surface area (Å²) in [6.45, 7) is 0. The number of fused-ring (bicyclic) bond motifs is 6. The van der Waals surface area contributed by atoms with Crippen molar-refractivity contribution < 1.29 is 4.42 Å². The second-order valence-corrected chi connectivity index (χ2v) is 15.6. The molecule has 0 aliphatic rings. The third-order valence-electron chi connectivity index (χ3n) is 11.1. The van der Waals surface area contributed by atoms with Gasteiger partial charge in [0, 0.05) is 48.0 Å². The second-order valence-electron chi connectivity index (χ2n) is 14.5. The first-order valence-electron chi connectivity index (χ1n) is 19.3. The first-order valence-corrected chi connectivity index (χ1v) is 20.1. The Morgan fingerprint density at radius 1 is 0.316 bits per heavy atom. The van der Waals surface area contributed by atoms with Crippen LogP contribution in [0.2, 0.25) is 0 Å². The summed E-state index contributed by atoms with van der Waals surface area (Å²) < 4.78 is 8.78. The Hall–Kier alpha value is -7.20. The molecule has 0 saturated heterocycles. The number of furan rings is 1. The molecule has 0 aliphatic heterocycles. The number of para-hydroxylation sites is 1. The quantitative estimate of drug-likeness (QED) is 0.162. The lowest BCUT2D eigenvalue weighted by atomic mass is 9.97. The summed E-state index contributed by atoms with van der Waals surface area (Å²) in [5.41, 5.74) is 14.6. The number of nitrogens with zero attached hydrogens (tertiary/aromatic N) is 1. The van der Waals surface area contributed by atoms with Gasteiger partial charge in [0.05, 0.1) is 0 Å². The third kappa shape index (κ3) is 5.97. The molecule has 57 heavy (non-hydrogen) atoms. The van der Waals surface area contributed by atoms with Crippen LogP contribution in [-0.2, 0) is 0 Å². The summed E-state index contributed by atoms with van der Waals surface area (Å²) in [6.07, 6.45) is 0. The largest absolute Gasteiger partial charge is 0.456 e. The molecule has 9 aromatic carbocycles. The van der Waals surface area contributed by atoms with Gasteiger partial charge >= 0.3 is 0 Å². The maximum atomic E-state index is 6.14. The number of rotatable bonds is 7. The molecular weight excluding hydrogens is 711 g/mol. The van der Waals surface area contributed by atoms with E-state index in [-0.39, 0.29) is 0 Å². The fourth-order valence-corrected chi connectivity index (χ4v) is 9.49. The maximum absolute atomic E-state index is 6.14. The van der Waals surface area contributed by atoms with Crippen LogP contribution < -0.4 is 4.90 Å². The summed E-state index contributed by atoms with van der Waals surface area (Å²) in [5, 5.41) is 4.89. The van der Waals surface area contributed by atoms with Crippen molar-refractivity contribution >= 4 is 70.5 Å². The van der Waals surface area contributed by atoms with Crippen LogP contribution in [0.1, 0.15) is 0 Å². The van der Waals surface area contributed by atoms with E-state index in [2.05, 4.69) is 205 Å². The molecule has 0 bridgehead atoms. The number of anilines is 3. The standard InChI is InChI=1S/C54H35NOS/c1-3-12-36(13-4-1)41-32-42(37-14-5-2-6-15-37)34-45(33-41)55(43-27-22-38(23-28-43)40-26-31-52-50(35-40)47-16-7-9-20-51(47)56-52)44-29-24-39(25-30-44)46-18-11-19-49-48-17-8-10-21-53(48)57-54(46)49/h1-35H. The molecule has 0 aliphatic carbocycles. The minimum Gasteiger partial charge on any atom is -0.456 e. The third-order valence-corrected chi connectivity index (χ3v) is 12.3. The van der Waals surface area contributed by atoms with E-state index in [1.165, 1.54) is 53.6 Å². The fourth-order valence-electron chi connectivity index (χ4n) is 8.26. The van der Waals surface area contributed by atoms with Crippen molar-refractivity contribution in [3.8, 4) is 44.5 Å². The molecule has 0 atom stereocenters. The zero-order valence-corrected chi connectivity index (χ0v) is 31.8. The Balaban J connectivity index is 1.05. The average molecular weight is 746 g/mol. The van der Waals surface area contributed by atoms with Crippen LogP contribution in [0.4, 0.5) is 17.1 Å². The molecule has 11 aromatic rings. The molecule has 2 nitrogen and oxygen atoms in total. The topological polar surface area (TPSA) is 16.4 Å². The van der Waals surface area contributed by atoms with Gasteiger partial charge in [-0.05, 0) is 111 Å². The Morgan fingerprint density at radius 2 is 0.860 bits per heavy atom. The summed E-state index contributed by atoms with van der Waals surface area (Å²) in [7, 11) is 0. The molecule has 0 N–H and O–H groups in total. The van der Waals surface area contributed by atoms with Gasteiger partial charge in [-0.2, -0.15) is 0 Å². The van der Waals surface area contributed by atoms with E-state index in [9.17, 15) is 0 Å². The number of hydrogen-bond acceptors (Lipinski definition) is 3. The molecule has 0 amide bonds. The Bertz CT molecular complexity index is 3160. The molecule has 3 heteroatoms. The molecular formula is C54H35NOS. The number of thiophene rings is 1. The van der Waals surface area contributed by atoms with Gasteiger partial charge in [-0.25, -0.2) is 0 Å². The zero-order valence-electron chi connectivity index (χ0n) is 31.0. The van der Waals surface area contributed by atoms with Crippen LogP contribution in [0.5, 0.6) is 0 Å². The monoisotopic (exact) mass is 745 g/mol. The highest BCUT2D eigenvalue weighted by Gasteiger charge is 2.18. The van der Waals surface area contributed by atoms with E-state index in [4.69, 9.17) is 4.42 Å². The van der Waals surface area contributed by atoms with Gasteiger partial charge < -0.3 is 9.32 Å². The van der Waals surface area contributed by atoms with E-state index in [1.54, 1.807) is 0 Å². The summed E-state index contributed by atoms with van der Waals surface area (Å²) in [4.78, 5) is 2.39. The minimum absolute atomic E-state index is 0.905. The zero-order chi connectivity index (χ0) is 37.7. The Kier molecular flexibility index (Phi) is 8.04. The number of benzene rings is 9. The van der Waals surface area contributed by atoms with E-state index in [0.29, 0.717) is 0 Å². The van der Waals surface area contributed by atoms with Gasteiger partial charge in [0.25, 0.3) is 0 Å². The molecule has 0 fully saturated rings. The van der Waals surface area contributed by atoms with Crippen molar-refractivity contribution in [3.63, 3.8) is 0 Å². The van der Waals surface area contributed by atoms with Gasteiger partial charge in [-0.3, -0.25) is 0 Å². The molecule has 0 radical (unpaired) electrons. The van der Waals surface area contributed by atoms with Gasteiger partial charge in [0.2, 0.25) is 0 Å². The predicted molar refractivity (Wildman–Crippen MR) is 243 cm³/mol. The second kappa shape index (κ2) is 13.8. The minimum atomic E-state index is 0.905. The lowest BCUT2D eigenvalue weighted by Gasteiger charge is -2.27. The van der Waals surface area contributed by atoms with E-state index in [0.717, 1.165) is 50.1 Å². The molecule has 11 rings (SSSR count). The van der Waals surface area contributed by atoms with Gasteiger partial charge in [0.1, 0.15) is 11.2 Å². The van der Waals surface area contributed by atoms with Gasteiger partial charge in [-0.1, -0.05) is 146 Å². The average Bonchev–Trinajstić information content (AvgIpc) is 3.86. The molecule has 268 valence electrons. The predicted octanol–water partition coefficient (Wildman–Crippen LogP) is 16.1. The SMILES string of the molecule is c1ccc(-c2cc(-c3ccccc3)cc(N(c3ccc(-c4ccc5oc6ccccc6c5c4)cc3)c3ccc(-c4cccc5c4sc4ccccc45)cc3)c2)cc1. The van der Waals surface area contributed by atoms with Crippen molar-refractivity contribution in [1.29, 1.82) is 0 Å². The highest BCUT2D eigenvalue weighted by Crippen LogP contribution is 2.43. The Morgan fingerprint density at radius 3 is 1.56 bits per heavy atom. The maximum Gasteiger partial charge on any atom is 0.135 e. The molecule has 0 saturated carbocycles. The van der Waals surface area contributed by atoms with Crippen molar-refractivity contribution in [2.75, 3.05) is 4.90 Å². The van der Waals surface area contributed by atoms with Crippen molar-refractivity contribution in [1.82, 2.24) is 0 Å². The number of hydrogen-bond donors (Lipinski definition) is 0. The van der Waals surface area contributed by atoms with Crippen LogP contribution in [0.25, 0.3) is 86.6 Å². The van der Waals surface area contributed by atoms with Gasteiger partial charge in [0.15, 0.2) is 0 Å². The van der Waals surface area contributed by atoms with Crippen molar-refractivity contribution in [2.45, 2.75) is 0 Å². The van der Waals surface area contributed by atoms with Crippen LogP contribution in [0.3, 0.4) is 0 Å². The summed E-state index contributed by atoms with van der Waals surface area (Å²) in [6, 6.07) is 76.5. The van der Waals surface area contributed by atoms with Crippen LogP contribution in [0.15, 0.2) is 217 Å². The smallest absolute Gasteiger partial charge is 0.135 e. The lowest BCUT2D eigenvalue weighted by molar-refractivity contribution is 0.669. The van der Waals surface area contributed by atoms with Crippen LogP contribution in [0, 0.1) is 0 Å². The molecule has 0 unspecified atom stereocenters. The first kappa shape index (κ1) is 33.2. The molecule has 2 aromatic heterocycles. The fraction of sp³-hybridized carbons (Fsp3) is 0. The normalized spacial score (nSPS) is 11.5. The molecule has 0 spiro atoms. The first-order chi connectivity index (χ1) is 28.2. The Labute approximate surface area is 335 Å². The molecule has 2 heterocycles.